The maximum absolute atomic E-state index is 6.47. The lowest BCUT2D eigenvalue weighted by Crippen LogP contribution is -2.30. The third kappa shape index (κ3) is 2.90. The summed E-state index contributed by atoms with van der Waals surface area (Å²) < 4.78 is 6.47. The van der Waals surface area contributed by atoms with Crippen molar-refractivity contribution < 1.29 is 4.74 Å². The molecule has 0 spiro atoms. The van der Waals surface area contributed by atoms with Gasteiger partial charge in [0.1, 0.15) is 11.4 Å². The van der Waals surface area contributed by atoms with Gasteiger partial charge in [-0.15, -0.1) is 0 Å². The fourth-order valence-electron chi connectivity index (χ4n) is 3.23. The Morgan fingerprint density at radius 1 is 1.05 bits per heavy atom. The number of aryl methyl sites for hydroxylation is 1. The maximum atomic E-state index is 6.47. The molecule has 1 aliphatic carbocycles. The summed E-state index contributed by atoms with van der Waals surface area (Å²) in [5, 5.41) is 1.31. The van der Waals surface area contributed by atoms with E-state index >= 15 is 0 Å². The van der Waals surface area contributed by atoms with E-state index in [4.69, 9.17) is 33.7 Å². The summed E-state index contributed by atoms with van der Waals surface area (Å²) in [5.41, 5.74) is 8.26. The van der Waals surface area contributed by atoms with Crippen molar-refractivity contribution >= 4 is 28.9 Å². The topological polar surface area (TPSA) is 35.2 Å². The van der Waals surface area contributed by atoms with Gasteiger partial charge < -0.3 is 10.5 Å². The van der Waals surface area contributed by atoms with Crippen molar-refractivity contribution in [2.24, 2.45) is 0 Å². The molecule has 2 aromatic carbocycles. The highest BCUT2D eigenvalue weighted by molar-refractivity contribution is 6.35. The van der Waals surface area contributed by atoms with E-state index in [2.05, 4.69) is 0 Å². The normalized spacial score (nSPS) is 16.7. The average Bonchev–Trinajstić information content (AvgIpc) is 2.91. The zero-order valence-corrected chi connectivity index (χ0v) is 14.0. The number of nitrogen functional groups attached to an aromatic ring is 1. The Balaban J connectivity index is 2.01. The molecule has 2 N–H and O–H groups in total. The second-order valence-corrected chi connectivity index (χ2v) is 6.80. The predicted molar refractivity (Wildman–Crippen MR) is 92.8 cm³/mol. The van der Waals surface area contributed by atoms with Gasteiger partial charge in [0.05, 0.1) is 0 Å². The molecule has 116 valence electrons. The van der Waals surface area contributed by atoms with E-state index in [1.54, 1.807) is 6.07 Å². The van der Waals surface area contributed by atoms with Crippen LogP contribution in [0, 0.1) is 6.92 Å². The van der Waals surface area contributed by atoms with Gasteiger partial charge in [0.15, 0.2) is 0 Å². The molecule has 0 atom stereocenters. The lowest BCUT2D eigenvalue weighted by Gasteiger charge is -2.32. The molecule has 0 heterocycles. The van der Waals surface area contributed by atoms with Crippen molar-refractivity contribution in [3.05, 3.63) is 57.6 Å². The first-order valence-electron chi connectivity index (χ1n) is 7.51. The lowest BCUT2D eigenvalue weighted by molar-refractivity contribution is 0.0732. The van der Waals surface area contributed by atoms with Crippen LogP contribution in [-0.4, -0.2) is 0 Å². The molecule has 2 aromatic rings. The van der Waals surface area contributed by atoms with E-state index in [1.807, 2.05) is 37.3 Å². The monoisotopic (exact) mass is 335 g/mol. The van der Waals surface area contributed by atoms with Crippen LogP contribution in [0.1, 0.15) is 36.8 Å². The highest BCUT2D eigenvalue weighted by atomic mass is 35.5. The first kappa shape index (κ1) is 15.5. The molecule has 0 saturated heterocycles. The summed E-state index contributed by atoms with van der Waals surface area (Å²) in [5.74, 6) is 0.863. The van der Waals surface area contributed by atoms with Crippen molar-refractivity contribution in [3.63, 3.8) is 0 Å². The first-order chi connectivity index (χ1) is 10.5. The Labute approximate surface area is 141 Å². The molecule has 1 saturated carbocycles. The molecule has 0 bridgehead atoms. The first-order valence-corrected chi connectivity index (χ1v) is 8.26. The van der Waals surface area contributed by atoms with Gasteiger partial charge in [0.25, 0.3) is 0 Å². The van der Waals surface area contributed by atoms with Crippen LogP contribution in [-0.2, 0) is 5.60 Å². The number of hydrogen-bond acceptors (Lipinski definition) is 2. The van der Waals surface area contributed by atoms with Gasteiger partial charge >= 0.3 is 0 Å². The maximum Gasteiger partial charge on any atom is 0.135 e. The quantitative estimate of drug-likeness (QED) is 0.726. The highest BCUT2D eigenvalue weighted by Gasteiger charge is 2.39. The molecule has 22 heavy (non-hydrogen) atoms. The molecule has 0 aromatic heterocycles. The van der Waals surface area contributed by atoms with Gasteiger partial charge in [-0.3, -0.25) is 0 Å². The fourth-order valence-corrected chi connectivity index (χ4v) is 3.81. The summed E-state index contributed by atoms with van der Waals surface area (Å²) in [6.45, 7) is 2.01. The minimum atomic E-state index is -0.372. The predicted octanol–water partition coefficient (Wildman–Crippen LogP) is 5.73. The SMILES string of the molecule is Cc1cc(N)ccc1OC1(c2ccc(Cl)cc2Cl)CCCC1. The average molecular weight is 336 g/mol. The highest BCUT2D eigenvalue weighted by Crippen LogP contribution is 2.46. The Kier molecular flexibility index (Phi) is 4.24. The van der Waals surface area contributed by atoms with E-state index in [1.165, 1.54) is 0 Å². The van der Waals surface area contributed by atoms with Crippen molar-refractivity contribution in [2.45, 2.75) is 38.2 Å². The standard InChI is InChI=1S/C18H19Cl2NO/c1-12-10-14(21)5-7-17(12)22-18(8-2-3-9-18)15-6-4-13(19)11-16(15)20/h4-7,10-11H,2-3,8-9,21H2,1H3. The number of nitrogens with two attached hydrogens (primary N) is 1. The number of ether oxygens (including phenoxy) is 1. The van der Waals surface area contributed by atoms with Gasteiger partial charge in [-0.05, 0) is 68.5 Å². The molecule has 0 radical (unpaired) electrons. The van der Waals surface area contributed by atoms with Crippen molar-refractivity contribution in [1.29, 1.82) is 0 Å². The lowest BCUT2D eigenvalue weighted by atomic mass is 9.91. The van der Waals surface area contributed by atoms with Crippen LogP contribution in [0.25, 0.3) is 0 Å². The number of hydrogen-bond donors (Lipinski definition) is 1. The third-order valence-electron chi connectivity index (χ3n) is 4.34. The number of halogens is 2. The van der Waals surface area contributed by atoms with Gasteiger partial charge in [-0.2, -0.15) is 0 Å². The smallest absolute Gasteiger partial charge is 0.135 e. The van der Waals surface area contributed by atoms with E-state index in [0.717, 1.165) is 48.2 Å². The Hall–Kier alpha value is -1.38. The largest absolute Gasteiger partial charge is 0.482 e. The third-order valence-corrected chi connectivity index (χ3v) is 4.89. The summed E-state index contributed by atoms with van der Waals surface area (Å²) >= 11 is 12.5. The molecular weight excluding hydrogens is 317 g/mol. The molecule has 1 fully saturated rings. The fraction of sp³-hybridized carbons (Fsp3) is 0.333. The Bertz CT molecular complexity index is 693. The van der Waals surface area contributed by atoms with Gasteiger partial charge in [0, 0.05) is 21.3 Å². The minimum Gasteiger partial charge on any atom is -0.482 e. The molecule has 4 heteroatoms. The van der Waals surface area contributed by atoms with Crippen LogP contribution in [0.4, 0.5) is 5.69 Å². The summed E-state index contributed by atoms with van der Waals surface area (Å²) in [6.07, 6.45) is 4.18. The Morgan fingerprint density at radius 3 is 2.41 bits per heavy atom. The Morgan fingerprint density at radius 2 is 1.77 bits per heavy atom. The molecule has 2 nitrogen and oxygen atoms in total. The molecule has 0 amide bonds. The van der Waals surface area contributed by atoms with Gasteiger partial charge in [-0.25, -0.2) is 0 Å². The van der Waals surface area contributed by atoms with Crippen LogP contribution < -0.4 is 10.5 Å². The van der Waals surface area contributed by atoms with Crippen LogP contribution in [0.15, 0.2) is 36.4 Å². The van der Waals surface area contributed by atoms with Crippen LogP contribution >= 0.6 is 23.2 Å². The molecular formula is C18H19Cl2NO. The van der Waals surface area contributed by atoms with E-state index in [0.29, 0.717) is 10.0 Å². The molecule has 0 unspecified atom stereocenters. The van der Waals surface area contributed by atoms with E-state index in [-0.39, 0.29) is 5.60 Å². The van der Waals surface area contributed by atoms with Gasteiger partial charge in [0.2, 0.25) is 0 Å². The summed E-state index contributed by atoms with van der Waals surface area (Å²) in [4.78, 5) is 0. The minimum absolute atomic E-state index is 0.372. The summed E-state index contributed by atoms with van der Waals surface area (Å²) in [7, 11) is 0. The van der Waals surface area contributed by atoms with Crippen molar-refractivity contribution in [1.82, 2.24) is 0 Å². The van der Waals surface area contributed by atoms with Crippen molar-refractivity contribution in [3.8, 4) is 5.75 Å². The summed E-state index contributed by atoms with van der Waals surface area (Å²) in [6, 6.07) is 11.4. The van der Waals surface area contributed by atoms with Gasteiger partial charge in [-0.1, -0.05) is 29.3 Å². The number of rotatable bonds is 3. The van der Waals surface area contributed by atoms with E-state index < -0.39 is 0 Å². The van der Waals surface area contributed by atoms with Crippen LogP contribution in [0.3, 0.4) is 0 Å². The zero-order chi connectivity index (χ0) is 15.7. The molecule has 0 aliphatic heterocycles. The zero-order valence-electron chi connectivity index (χ0n) is 12.5. The number of benzene rings is 2. The van der Waals surface area contributed by atoms with Crippen LogP contribution in [0.5, 0.6) is 5.75 Å². The van der Waals surface area contributed by atoms with E-state index in [9.17, 15) is 0 Å². The number of anilines is 1. The molecule has 1 aliphatic rings. The second kappa shape index (κ2) is 6.02. The van der Waals surface area contributed by atoms with Crippen molar-refractivity contribution in [2.75, 3.05) is 5.73 Å². The molecule has 3 rings (SSSR count). The van der Waals surface area contributed by atoms with Crippen LogP contribution in [0.2, 0.25) is 10.0 Å². The second-order valence-electron chi connectivity index (χ2n) is 5.95.